The average molecular weight is 696 g/mol. The summed E-state index contributed by atoms with van der Waals surface area (Å²) in [4.78, 5) is 12.2. The molecule has 294 valence electrons. The minimum absolute atomic E-state index is 0. The van der Waals surface area contributed by atoms with E-state index in [-0.39, 0.29) is 40.7 Å². The zero-order chi connectivity index (χ0) is 35.9. The van der Waals surface area contributed by atoms with Gasteiger partial charge in [-0.2, -0.15) is 0 Å². The largest absolute Gasteiger partial charge is 0.394 e. The molecule has 0 unspecified atom stereocenters. The molecule has 0 fully saturated rings. The summed E-state index contributed by atoms with van der Waals surface area (Å²) in [7, 11) is 0. The second-order valence-electron chi connectivity index (χ2n) is 10.2. The van der Waals surface area contributed by atoms with Crippen molar-refractivity contribution in [3.05, 3.63) is 0 Å². The molecule has 0 bridgehead atoms. The number of aliphatic hydroxyl groups is 3. The number of hydrogen-bond donors (Lipinski definition) is 4. The van der Waals surface area contributed by atoms with Crippen molar-refractivity contribution in [2.24, 2.45) is 0 Å². The Hall–Kier alpha value is -5.93. The van der Waals surface area contributed by atoms with Crippen LogP contribution in [0, 0.1) is 143 Å². The first-order chi connectivity index (χ1) is 24.1. The molecular weight excluding hydrogens is 606 g/mol. The maximum absolute atomic E-state index is 12.2. The Morgan fingerprint density at radius 1 is 0.571 bits per heavy atom. The van der Waals surface area contributed by atoms with Crippen LogP contribution in [0.5, 0.6) is 0 Å². The lowest BCUT2D eigenvalue weighted by Gasteiger charge is -2.26. The molecule has 1 amide bonds. The maximum Gasteiger partial charge on any atom is 0.232 e. The molecule has 0 spiro atoms. The first-order valence-corrected chi connectivity index (χ1v) is 16.3. The van der Waals surface area contributed by atoms with Crippen LogP contribution in [0.4, 0.5) is 0 Å². The molecule has 3 atom stereocenters. The highest BCUT2D eigenvalue weighted by atomic mass is 16.3. The Morgan fingerprint density at radius 2 is 0.918 bits per heavy atom. The summed E-state index contributed by atoms with van der Waals surface area (Å²) >= 11 is 0. The standard InChI is InChI=1S/C44H41NO4.24H2/c1-3-5-7-9-11-13-15-17-18-19-20-21-22-23-24-25-26-27-29-31-33-35-37-39-43(48)45-41(40-46)44(49)42(47)38-36-34-32-30-28-16-14-12-10-8-6-4-2;;;;;;;;;;;;;;;;;;;;;;;;/h1,41-42,44,46-47,49H,4,6,8,10,12,14,16,28,30,32,34,36,38-40H2,2H3,(H,45,48);24*1H/t41-,42+,44-;;;;;;;;;;;;;;;;;;;;;;;;/m0......................../s1. The molecule has 0 aromatic rings. The molecule has 4 N–H and O–H groups in total. The smallest absolute Gasteiger partial charge is 0.232 e. The van der Waals surface area contributed by atoms with E-state index < -0.39 is 30.8 Å². The number of terminal acetylenes is 1. The molecule has 0 aromatic carbocycles. The van der Waals surface area contributed by atoms with E-state index in [9.17, 15) is 20.1 Å². The second-order valence-corrected chi connectivity index (χ2v) is 10.2. The van der Waals surface area contributed by atoms with E-state index in [1.807, 2.05) is 0 Å². The highest BCUT2D eigenvalue weighted by Gasteiger charge is 2.26. The van der Waals surface area contributed by atoms with Gasteiger partial charge in [-0.3, -0.25) is 4.79 Å². The SMILES string of the molecule is C#CC#CC#CC#CC#CC#CC#CC#CC#CC#CC#CC#CCC(=O)N[C@@H](CO)[C@H](O)[C@H](O)CCCCCCCCCCCCCC.[HH].[HH].[HH].[HH].[HH].[HH].[HH].[HH].[HH].[HH].[HH].[HH].[HH].[HH].[HH].[HH].[HH].[HH].[HH].[HH].[HH].[HH].[HH].[HH]. The fraction of sp³-hybridized carbons (Fsp3) is 0.432. The third-order valence-electron chi connectivity index (χ3n) is 6.36. The van der Waals surface area contributed by atoms with E-state index in [0.717, 1.165) is 19.3 Å². The molecule has 0 saturated carbocycles. The fourth-order valence-electron chi connectivity index (χ4n) is 3.93. The van der Waals surface area contributed by atoms with Crippen LogP contribution in [0.25, 0.3) is 0 Å². The lowest BCUT2D eigenvalue weighted by Crippen LogP contribution is -2.50. The summed E-state index contributed by atoms with van der Waals surface area (Å²) in [5, 5.41) is 32.9. The second kappa shape index (κ2) is 34.9. The zero-order valence-corrected chi connectivity index (χ0v) is 28.2. The Balaban J connectivity index is -0.0000000417. The predicted molar refractivity (Wildman–Crippen MR) is 246 cm³/mol. The van der Waals surface area contributed by atoms with Gasteiger partial charge in [0.15, 0.2) is 0 Å². The van der Waals surface area contributed by atoms with E-state index >= 15 is 0 Å². The Morgan fingerprint density at radius 3 is 1.29 bits per heavy atom. The summed E-state index contributed by atoms with van der Waals surface area (Å²) in [5.74, 6) is 56.1. The van der Waals surface area contributed by atoms with Crippen molar-refractivity contribution >= 4 is 5.91 Å². The number of carbonyl (C=O) groups is 1. The molecule has 0 aliphatic heterocycles. The summed E-state index contributed by atoms with van der Waals surface area (Å²) in [5.41, 5.74) is 0. The van der Waals surface area contributed by atoms with Crippen LogP contribution >= 0.6 is 0 Å². The molecule has 0 aliphatic carbocycles. The fourth-order valence-corrected chi connectivity index (χ4v) is 3.93. The van der Waals surface area contributed by atoms with Crippen LogP contribution in [0.3, 0.4) is 0 Å². The van der Waals surface area contributed by atoms with Gasteiger partial charge in [0.1, 0.15) is 6.10 Å². The van der Waals surface area contributed by atoms with Crippen molar-refractivity contribution in [1.29, 1.82) is 0 Å². The third kappa shape index (κ3) is 30.5. The van der Waals surface area contributed by atoms with E-state index in [0.29, 0.717) is 6.42 Å². The van der Waals surface area contributed by atoms with Crippen molar-refractivity contribution in [2.75, 3.05) is 6.61 Å². The molecule has 0 aliphatic rings. The summed E-state index contributed by atoms with van der Waals surface area (Å²) < 4.78 is 0. The van der Waals surface area contributed by atoms with Crippen LogP contribution in [0.1, 0.15) is 131 Å². The molecule has 49 heavy (non-hydrogen) atoms. The number of carbonyl (C=O) groups excluding carboxylic acids is 1. The van der Waals surface area contributed by atoms with Gasteiger partial charge in [0.05, 0.1) is 25.2 Å². The summed E-state index contributed by atoms with van der Waals surface area (Å²) in [6.07, 6.45) is 17.3. The minimum atomic E-state index is -1.28. The van der Waals surface area contributed by atoms with Crippen molar-refractivity contribution in [3.63, 3.8) is 0 Å². The highest BCUT2D eigenvalue weighted by Crippen LogP contribution is 2.14. The topological polar surface area (TPSA) is 89.8 Å². The lowest BCUT2D eigenvalue weighted by atomic mass is 9.99. The lowest BCUT2D eigenvalue weighted by molar-refractivity contribution is -0.123. The molecule has 0 radical (unpaired) electrons. The number of unbranched alkanes of at least 4 members (excludes halogenated alkanes) is 11. The van der Waals surface area contributed by atoms with Crippen LogP contribution in [-0.2, 0) is 4.79 Å². The average Bonchev–Trinajstić information content (AvgIpc) is 3.10. The summed E-state index contributed by atoms with van der Waals surface area (Å²) in [6, 6.07) is -0.989. The van der Waals surface area contributed by atoms with Crippen LogP contribution in [0.2, 0.25) is 0 Å². The normalized spacial score (nSPS) is 9.69. The van der Waals surface area contributed by atoms with E-state index in [4.69, 9.17) is 6.42 Å². The number of nitrogens with one attached hydrogen (secondary N) is 1. The van der Waals surface area contributed by atoms with Crippen LogP contribution in [-0.4, -0.2) is 46.1 Å². The van der Waals surface area contributed by atoms with Gasteiger partial charge in [-0.15, -0.1) is 6.42 Å². The third-order valence-corrected chi connectivity index (χ3v) is 6.36. The van der Waals surface area contributed by atoms with E-state index in [2.05, 4.69) is 148 Å². The minimum Gasteiger partial charge on any atom is -0.394 e. The first kappa shape index (κ1) is 43.1. The predicted octanol–water partition coefficient (Wildman–Crippen LogP) is 9.24. The zero-order valence-electron chi connectivity index (χ0n) is 28.2. The highest BCUT2D eigenvalue weighted by molar-refractivity contribution is 5.79. The van der Waals surface area contributed by atoms with Crippen LogP contribution < -0.4 is 5.32 Å². The molecule has 0 saturated heterocycles. The van der Waals surface area contributed by atoms with Crippen molar-refractivity contribution in [2.45, 2.75) is 115 Å². The Bertz CT molecular complexity index is 1850. The molecule has 5 heteroatoms. The molecule has 0 rings (SSSR count). The van der Waals surface area contributed by atoms with Gasteiger partial charge < -0.3 is 20.6 Å². The van der Waals surface area contributed by atoms with Gasteiger partial charge in [0.2, 0.25) is 5.91 Å². The number of amides is 1. The van der Waals surface area contributed by atoms with Gasteiger partial charge in [-0.25, -0.2) is 0 Å². The van der Waals surface area contributed by atoms with Gasteiger partial charge in [0.25, 0.3) is 0 Å². The monoisotopic (exact) mass is 696 g/mol. The number of aliphatic hydroxyl groups excluding tert-OH is 3. The molecule has 0 heterocycles. The number of rotatable bonds is 18. The number of hydrogen-bond acceptors (Lipinski definition) is 4. The van der Waals surface area contributed by atoms with Crippen LogP contribution in [0.15, 0.2) is 0 Å². The maximum atomic E-state index is 12.2. The van der Waals surface area contributed by atoms with Crippen molar-refractivity contribution in [3.8, 4) is 143 Å². The van der Waals surface area contributed by atoms with Gasteiger partial charge in [-0.1, -0.05) is 89.9 Å². The Labute approximate surface area is 330 Å². The molecule has 5 nitrogen and oxygen atoms in total. The van der Waals surface area contributed by atoms with E-state index in [1.165, 1.54) is 57.8 Å². The van der Waals surface area contributed by atoms with E-state index in [1.54, 1.807) is 0 Å². The van der Waals surface area contributed by atoms with Gasteiger partial charge in [-0.05, 0) is 101 Å². The summed E-state index contributed by atoms with van der Waals surface area (Å²) in [6.45, 7) is 1.72. The van der Waals surface area contributed by atoms with Crippen molar-refractivity contribution in [1.82, 2.24) is 5.32 Å². The first-order valence-electron chi connectivity index (χ1n) is 16.3. The van der Waals surface area contributed by atoms with Crippen molar-refractivity contribution < 1.29 is 54.4 Å². The van der Waals surface area contributed by atoms with Gasteiger partial charge in [0, 0.05) is 69.8 Å². The molecule has 0 aromatic heterocycles. The quantitative estimate of drug-likeness (QED) is 0.0850. The van der Waals surface area contributed by atoms with Gasteiger partial charge >= 0.3 is 0 Å². The Kier molecular flexibility index (Phi) is 30.7. The molecular formula is C44H89NO4.